The summed E-state index contributed by atoms with van der Waals surface area (Å²) < 4.78 is 30.7. The van der Waals surface area contributed by atoms with Gasteiger partial charge in [-0.2, -0.15) is 0 Å². The summed E-state index contributed by atoms with van der Waals surface area (Å²) in [5, 5.41) is 0.511. The van der Waals surface area contributed by atoms with Crippen molar-refractivity contribution in [1.29, 1.82) is 0 Å². The number of carbonyl (C=O) groups is 1. The summed E-state index contributed by atoms with van der Waals surface area (Å²) in [5.74, 6) is 0.134. The number of nitrogens with zero attached hydrogens (tertiary/aromatic N) is 3. The molecule has 0 saturated carbocycles. The zero-order chi connectivity index (χ0) is 22.0. The van der Waals surface area contributed by atoms with Crippen LogP contribution in [0.15, 0.2) is 29.1 Å². The Balaban J connectivity index is 1.53. The highest BCUT2D eigenvalue weighted by molar-refractivity contribution is 7.88. The van der Waals surface area contributed by atoms with Crippen LogP contribution < -0.4 is 5.56 Å². The van der Waals surface area contributed by atoms with Crippen LogP contribution in [-0.4, -0.2) is 72.1 Å². The number of hydrogen-bond acceptors (Lipinski definition) is 6. The molecule has 31 heavy (non-hydrogen) atoms. The van der Waals surface area contributed by atoms with Crippen LogP contribution in [0, 0.1) is 5.92 Å². The van der Waals surface area contributed by atoms with E-state index < -0.39 is 10.0 Å². The Labute approximate surface area is 181 Å². The van der Waals surface area contributed by atoms with Crippen molar-refractivity contribution in [3.8, 4) is 0 Å². The van der Waals surface area contributed by atoms with Crippen molar-refractivity contribution in [2.75, 3.05) is 32.5 Å². The third-order valence-electron chi connectivity index (χ3n) is 6.03. The maximum absolute atomic E-state index is 13.4. The van der Waals surface area contributed by atoms with E-state index in [-0.39, 0.29) is 30.0 Å². The van der Waals surface area contributed by atoms with Gasteiger partial charge in [0, 0.05) is 32.2 Å². The van der Waals surface area contributed by atoms with Crippen molar-refractivity contribution in [2.24, 2.45) is 5.92 Å². The molecular weight excluding hydrogens is 420 g/mol. The van der Waals surface area contributed by atoms with Gasteiger partial charge in [-0.05, 0) is 37.8 Å². The Bertz CT molecular complexity index is 1100. The smallest absolute Gasteiger partial charge is 0.258 e. The van der Waals surface area contributed by atoms with E-state index in [1.807, 2.05) is 6.07 Å². The van der Waals surface area contributed by atoms with Gasteiger partial charge in [0.25, 0.3) is 5.56 Å². The first-order valence-electron chi connectivity index (χ1n) is 10.6. The fourth-order valence-electron chi connectivity index (χ4n) is 4.35. The summed E-state index contributed by atoms with van der Waals surface area (Å²) >= 11 is 0. The average molecular weight is 449 g/mol. The second-order valence-electron chi connectivity index (χ2n) is 8.32. The first kappa shape index (κ1) is 21.9. The highest BCUT2D eigenvalue weighted by atomic mass is 32.2. The lowest BCUT2D eigenvalue weighted by atomic mass is 9.96. The van der Waals surface area contributed by atoms with E-state index in [9.17, 15) is 18.0 Å². The monoisotopic (exact) mass is 448 g/mol. The van der Waals surface area contributed by atoms with E-state index in [0.29, 0.717) is 55.8 Å². The highest BCUT2D eigenvalue weighted by Crippen LogP contribution is 2.23. The fourth-order valence-corrected chi connectivity index (χ4v) is 5.22. The number of para-hydroxylation sites is 1. The number of benzene rings is 1. The molecule has 3 heterocycles. The van der Waals surface area contributed by atoms with Crippen LogP contribution >= 0.6 is 0 Å². The molecular formula is C21H28N4O5S. The highest BCUT2D eigenvalue weighted by Gasteiger charge is 2.33. The molecule has 2 aromatic rings. The van der Waals surface area contributed by atoms with E-state index in [4.69, 9.17) is 4.74 Å². The van der Waals surface area contributed by atoms with Gasteiger partial charge in [-0.3, -0.25) is 9.59 Å². The van der Waals surface area contributed by atoms with Gasteiger partial charge in [0.1, 0.15) is 5.82 Å². The quantitative estimate of drug-likeness (QED) is 0.708. The lowest BCUT2D eigenvalue weighted by molar-refractivity contribution is -0.139. The minimum absolute atomic E-state index is 0.0350. The second kappa shape index (κ2) is 9.05. The molecule has 1 N–H and O–H groups in total. The van der Waals surface area contributed by atoms with Crippen LogP contribution in [0.3, 0.4) is 0 Å². The molecule has 2 aliphatic rings. The summed E-state index contributed by atoms with van der Waals surface area (Å²) in [7, 11) is -3.25. The van der Waals surface area contributed by atoms with Gasteiger partial charge in [0.05, 0.1) is 29.8 Å². The third-order valence-corrected chi connectivity index (χ3v) is 7.34. The number of nitrogens with one attached hydrogen (secondary N) is 1. The second-order valence-corrected chi connectivity index (χ2v) is 10.3. The number of H-pyrrole nitrogens is 1. The molecule has 0 aliphatic carbocycles. The third kappa shape index (κ3) is 5.13. The number of ether oxygens (including phenoxy) is 1. The van der Waals surface area contributed by atoms with Crippen LogP contribution in [0.2, 0.25) is 0 Å². The number of rotatable bonds is 6. The molecule has 4 rings (SSSR count). The lowest BCUT2D eigenvalue weighted by Crippen LogP contribution is -2.46. The molecule has 2 saturated heterocycles. The van der Waals surface area contributed by atoms with E-state index in [0.717, 1.165) is 12.8 Å². The van der Waals surface area contributed by atoms with Crippen LogP contribution in [0.25, 0.3) is 10.9 Å². The SMILES string of the molecule is CS(=O)(=O)N1CCC(C(=O)N(Cc2nc3ccccc3c(=O)[nH]2)C[C@H]2CCCO2)CC1. The molecule has 10 heteroatoms. The molecule has 0 unspecified atom stereocenters. The molecule has 1 aromatic heterocycles. The van der Waals surface area contributed by atoms with Crippen molar-refractivity contribution in [2.45, 2.75) is 38.3 Å². The van der Waals surface area contributed by atoms with Crippen molar-refractivity contribution >= 4 is 26.8 Å². The van der Waals surface area contributed by atoms with Crippen LogP contribution in [-0.2, 0) is 26.1 Å². The molecule has 168 valence electrons. The summed E-state index contributed by atoms with van der Waals surface area (Å²) in [4.78, 5) is 34.9. The Morgan fingerprint density at radius 2 is 2.00 bits per heavy atom. The van der Waals surface area contributed by atoms with Gasteiger partial charge < -0.3 is 14.6 Å². The number of hydrogen-bond donors (Lipinski definition) is 1. The molecule has 2 fully saturated rings. The molecule has 1 amide bonds. The minimum Gasteiger partial charge on any atom is -0.376 e. The Hall–Kier alpha value is -2.30. The molecule has 9 nitrogen and oxygen atoms in total. The number of carbonyl (C=O) groups excluding carboxylic acids is 1. The standard InChI is InChI=1S/C21H28N4O5S/c1-31(28,29)25-10-8-15(9-11-25)21(27)24(13-16-5-4-12-30-16)14-19-22-18-7-3-2-6-17(18)20(26)23-19/h2-3,6-7,15-16H,4-5,8-14H2,1H3,(H,22,23,26)/t16-/m1/s1. The van der Waals surface area contributed by atoms with Gasteiger partial charge in [0.15, 0.2) is 0 Å². The van der Waals surface area contributed by atoms with Gasteiger partial charge in [-0.25, -0.2) is 17.7 Å². The van der Waals surface area contributed by atoms with E-state index in [1.165, 1.54) is 10.6 Å². The number of piperidine rings is 1. The summed E-state index contributed by atoms with van der Waals surface area (Å²) in [6.07, 6.45) is 3.97. The minimum atomic E-state index is -3.25. The lowest BCUT2D eigenvalue weighted by Gasteiger charge is -2.33. The molecule has 0 spiro atoms. The summed E-state index contributed by atoms with van der Waals surface area (Å²) in [6.45, 7) is 1.99. The van der Waals surface area contributed by atoms with Gasteiger partial charge in [-0.15, -0.1) is 0 Å². The van der Waals surface area contributed by atoms with Crippen LogP contribution in [0.1, 0.15) is 31.5 Å². The normalized spacial score (nSPS) is 20.9. The first-order valence-corrected chi connectivity index (χ1v) is 12.5. The zero-order valence-corrected chi connectivity index (χ0v) is 18.4. The number of fused-ring (bicyclic) bond motifs is 1. The van der Waals surface area contributed by atoms with Crippen LogP contribution in [0.4, 0.5) is 0 Å². The van der Waals surface area contributed by atoms with E-state index in [2.05, 4.69) is 9.97 Å². The number of aromatic nitrogens is 2. The van der Waals surface area contributed by atoms with Crippen molar-refractivity contribution < 1.29 is 17.9 Å². The van der Waals surface area contributed by atoms with Gasteiger partial charge in [0.2, 0.25) is 15.9 Å². The van der Waals surface area contributed by atoms with Crippen molar-refractivity contribution in [1.82, 2.24) is 19.2 Å². The van der Waals surface area contributed by atoms with Crippen LogP contribution in [0.5, 0.6) is 0 Å². The predicted octanol–water partition coefficient (Wildman–Crippen LogP) is 1.10. The largest absolute Gasteiger partial charge is 0.376 e. The number of aromatic amines is 1. The van der Waals surface area contributed by atoms with E-state index >= 15 is 0 Å². The van der Waals surface area contributed by atoms with Gasteiger partial charge in [-0.1, -0.05) is 12.1 Å². The summed E-state index contributed by atoms with van der Waals surface area (Å²) in [6, 6.07) is 7.11. The molecule has 1 atom stereocenters. The van der Waals surface area contributed by atoms with Crippen molar-refractivity contribution in [3.63, 3.8) is 0 Å². The predicted molar refractivity (Wildman–Crippen MR) is 116 cm³/mol. The van der Waals surface area contributed by atoms with E-state index in [1.54, 1.807) is 23.1 Å². The number of amides is 1. The summed E-state index contributed by atoms with van der Waals surface area (Å²) in [5.41, 5.74) is 0.360. The van der Waals surface area contributed by atoms with Crippen molar-refractivity contribution in [3.05, 3.63) is 40.4 Å². The fraction of sp³-hybridized carbons (Fsp3) is 0.571. The molecule has 0 radical (unpaired) electrons. The Morgan fingerprint density at radius 1 is 1.26 bits per heavy atom. The number of sulfonamides is 1. The zero-order valence-electron chi connectivity index (χ0n) is 17.6. The average Bonchev–Trinajstić information content (AvgIpc) is 3.25. The molecule has 2 aliphatic heterocycles. The maximum atomic E-state index is 13.4. The Morgan fingerprint density at radius 3 is 2.68 bits per heavy atom. The Kier molecular flexibility index (Phi) is 6.40. The maximum Gasteiger partial charge on any atom is 0.258 e. The first-order chi connectivity index (χ1) is 14.8. The molecule has 0 bridgehead atoms. The topological polar surface area (TPSA) is 113 Å². The van der Waals surface area contributed by atoms with Gasteiger partial charge >= 0.3 is 0 Å². The molecule has 1 aromatic carbocycles.